The third-order valence-corrected chi connectivity index (χ3v) is 5.09. The van der Waals surface area contributed by atoms with Crippen LogP contribution in [0.4, 0.5) is 4.39 Å². The minimum atomic E-state index is -0.148. The summed E-state index contributed by atoms with van der Waals surface area (Å²) in [6, 6.07) is 20.6. The van der Waals surface area contributed by atoms with Gasteiger partial charge in [-0.05, 0) is 58.0 Å². The van der Waals surface area contributed by atoms with Crippen LogP contribution in [0.2, 0.25) is 0 Å². The van der Waals surface area contributed by atoms with Gasteiger partial charge in [0.25, 0.3) is 0 Å². The van der Waals surface area contributed by atoms with Crippen molar-refractivity contribution < 1.29 is 4.39 Å². The summed E-state index contributed by atoms with van der Waals surface area (Å²) >= 11 is 0. The van der Waals surface area contributed by atoms with Crippen molar-refractivity contribution >= 4 is 0 Å². The quantitative estimate of drug-likeness (QED) is 0.509. The first-order chi connectivity index (χ1) is 11.0. The van der Waals surface area contributed by atoms with Gasteiger partial charge in [-0.1, -0.05) is 62.4 Å². The van der Waals surface area contributed by atoms with Crippen molar-refractivity contribution in [2.24, 2.45) is 0 Å². The summed E-state index contributed by atoms with van der Waals surface area (Å²) in [5, 5.41) is 0. The van der Waals surface area contributed by atoms with Crippen molar-refractivity contribution in [2.75, 3.05) is 0 Å². The third-order valence-electron chi connectivity index (χ3n) is 5.09. The second kappa shape index (κ2) is 4.79. The number of fused-ring (bicyclic) bond motifs is 3. The summed E-state index contributed by atoms with van der Waals surface area (Å²) in [7, 11) is 0. The maximum Gasteiger partial charge on any atom is 0.126 e. The summed E-state index contributed by atoms with van der Waals surface area (Å²) in [6.45, 7) is 6.32. The molecule has 0 radical (unpaired) electrons. The number of benzene rings is 3. The molecular weight excluding hydrogens is 283 g/mol. The zero-order valence-corrected chi connectivity index (χ0v) is 13.7. The van der Waals surface area contributed by atoms with Gasteiger partial charge in [-0.3, -0.25) is 0 Å². The highest BCUT2D eigenvalue weighted by atomic mass is 19.1. The van der Waals surface area contributed by atoms with Crippen molar-refractivity contribution in [1.82, 2.24) is 0 Å². The van der Waals surface area contributed by atoms with E-state index in [1.165, 1.54) is 22.3 Å². The molecule has 0 nitrogen and oxygen atoms in total. The number of hydrogen-bond acceptors (Lipinski definition) is 0. The molecule has 114 valence electrons. The molecule has 23 heavy (non-hydrogen) atoms. The Balaban J connectivity index is 1.90. The zero-order valence-electron chi connectivity index (χ0n) is 13.7. The predicted octanol–water partition coefficient (Wildman–Crippen LogP) is 6.11. The summed E-state index contributed by atoms with van der Waals surface area (Å²) in [4.78, 5) is 0. The molecule has 0 aliphatic heterocycles. The van der Waals surface area contributed by atoms with Crippen LogP contribution >= 0.6 is 0 Å². The van der Waals surface area contributed by atoms with Crippen molar-refractivity contribution in [2.45, 2.75) is 26.2 Å². The molecule has 1 aliphatic carbocycles. The van der Waals surface area contributed by atoms with Crippen LogP contribution < -0.4 is 0 Å². The maximum absolute atomic E-state index is 13.9. The van der Waals surface area contributed by atoms with E-state index in [0.717, 1.165) is 11.1 Å². The Bertz CT molecular complexity index is 919. The Hall–Kier alpha value is -2.41. The summed E-state index contributed by atoms with van der Waals surface area (Å²) < 4.78 is 13.9. The Morgan fingerprint density at radius 2 is 1.39 bits per heavy atom. The first kappa shape index (κ1) is 14.2. The molecule has 0 bridgehead atoms. The fraction of sp³-hybridized carbons (Fsp3) is 0.182. The second-order valence-corrected chi connectivity index (χ2v) is 6.89. The van der Waals surface area contributed by atoms with Crippen molar-refractivity contribution in [3.05, 3.63) is 83.2 Å². The average Bonchev–Trinajstić information content (AvgIpc) is 2.78. The number of halogens is 1. The largest absolute Gasteiger partial charge is 0.207 e. The van der Waals surface area contributed by atoms with Crippen LogP contribution in [0.1, 0.15) is 30.5 Å². The lowest BCUT2D eigenvalue weighted by Gasteiger charge is -2.22. The Kier molecular flexibility index (Phi) is 2.96. The monoisotopic (exact) mass is 302 g/mol. The van der Waals surface area contributed by atoms with Crippen molar-refractivity contribution in [1.29, 1.82) is 0 Å². The van der Waals surface area contributed by atoms with Gasteiger partial charge in [-0.25, -0.2) is 4.39 Å². The fourth-order valence-corrected chi connectivity index (χ4v) is 3.66. The Labute approximate surface area is 136 Å². The summed E-state index contributed by atoms with van der Waals surface area (Å²) in [5.74, 6) is -0.148. The first-order valence-electron chi connectivity index (χ1n) is 7.99. The van der Waals surface area contributed by atoms with Crippen LogP contribution in [0.5, 0.6) is 0 Å². The molecule has 0 amide bonds. The van der Waals surface area contributed by atoms with Crippen LogP contribution in [0.25, 0.3) is 22.3 Å². The van der Waals surface area contributed by atoms with E-state index < -0.39 is 0 Å². The van der Waals surface area contributed by atoms with Crippen LogP contribution in [-0.4, -0.2) is 0 Å². The third kappa shape index (κ3) is 2.03. The molecule has 0 saturated heterocycles. The number of rotatable bonds is 1. The molecule has 0 fully saturated rings. The second-order valence-electron chi connectivity index (χ2n) is 6.89. The maximum atomic E-state index is 13.9. The van der Waals surface area contributed by atoms with E-state index in [1.54, 1.807) is 13.0 Å². The van der Waals surface area contributed by atoms with Gasteiger partial charge < -0.3 is 0 Å². The Morgan fingerprint density at radius 1 is 0.739 bits per heavy atom. The smallest absolute Gasteiger partial charge is 0.126 e. The lowest BCUT2D eigenvalue weighted by molar-refractivity contribution is 0.619. The first-order valence-corrected chi connectivity index (χ1v) is 7.99. The van der Waals surface area contributed by atoms with E-state index in [-0.39, 0.29) is 11.2 Å². The molecule has 3 aromatic carbocycles. The van der Waals surface area contributed by atoms with Crippen LogP contribution in [0.3, 0.4) is 0 Å². The van der Waals surface area contributed by atoms with Crippen LogP contribution in [0.15, 0.2) is 60.7 Å². The average molecular weight is 302 g/mol. The molecule has 0 heterocycles. The van der Waals surface area contributed by atoms with E-state index >= 15 is 0 Å². The minimum Gasteiger partial charge on any atom is -0.207 e. The minimum absolute atomic E-state index is 0.0226. The topological polar surface area (TPSA) is 0 Å². The van der Waals surface area contributed by atoms with Gasteiger partial charge in [0, 0.05) is 5.41 Å². The fourth-order valence-electron chi connectivity index (χ4n) is 3.66. The van der Waals surface area contributed by atoms with E-state index in [4.69, 9.17) is 0 Å². The summed E-state index contributed by atoms with van der Waals surface area (Å²) in [5.41, 5.74) is 7.95. The lowest BCUT2D eigenvalue weighted by atomic mass is 9.81. The van der Waals surface area contributed by atoms with Crippen molar-refractivity contribution in [3.63, 3.8) is 0 Å². The molecule has 0 saturated carbocycles. The van der Waals surface area contributed by atoms with E-state index in [0.29, 0.717) is 5.56 Å². The highest BCUT2D eigenvalue weighted by Gasteiger charge is 2.35. The molecular formula is C22H19F. The molecule has 4 rings (SSSR count). The number of aryl methyl sites for hydroxylation is 1. The number of hydrogen-bond donors (Lipinski definition) is 0. The van der Waals surface area contributed by atoms with Gasteiger partial charge in [0.1, 0.15) is 5.82 Å². The molecule has 1 heteroatoms. The van der Waals surface area contributed by atoms with E-state index in [1.807, 2.05) is 12.1 Å². The van der Waals surface area contributed by atoms with Crippen molar-refractivity contribution in [3.8, 4) is 22.3 Å². The molecule has 1 aliphatic rings. The molecule has 0 unspecified atom stereocenters. The van der Waals surface area contributed by atoms with Gasteiger partial charge in [0.15, 0.2) is 0 Å². The molecule has 0 atom stereocenters. The molecule has 0 N–H and O–H groups in total. The van der Waals surface area contributed by atoms with Gasteiger partial charge in [0.05, 0.1) is 0 Å². The highest BCUT2D eigenvalue weighted by molar-refractivity contribution is 5.83. The molecule has 3 aromatic rings. The van der Waals surface area contributed by atoms with E-state index in [2.05, 4.69) is 56.3 Å². The van der Waals surface area contributed by atoms with Gasteiger partial charge in [-0.2, -0.15) is 0 Å². The highest BCUT2D eigenvalue weighted by Crippen LogP contribution is 2.49. The SMILES string of the molecule is Cc1ccc(-c2ccc3c(c2)C(C)(C)c2ccccc2-3)cc1F. The van der Waals surface area contributed by atoms with Gasteiger partial charge in [0.2, 0.25) is 0 Å². The predicted molar refractivity (Wildman–Crippen MR) is 94.1 cm³/mol. The standard InChI is InChI=1S/C22H19F/c1-14-8-9-16(13-21(14)23)15-10-11-18-17-6-4-5-7-19(17)22(2,3)20(18)12-15/h4-13H,1-3H3. The van der Waals surface area contributed by atoms with Gasteiger partial charge >= 0.3 is 0 Å². The Morgan fingerprint density at radius 3 is 2.17 bits per heavy atom. The summed E-state index contributed by atoms with van der Waals surface area (Å²) in [6.07, 6.45) is 0. The lowest BCUT2D eigenvalue weighted by Crippen LogP contribution is -2.14. The molecule has 0 spiro atoms. The normalized spacial score (nSPS) is 14.4. The zero-order chi connectivity index (χ0) is 16.2. The van der Waals surface area contributed by atoms with Crippen LogP contribution in [0, 0.1) is 12.7 Å². The van der Waals surface area contributed by atoms with Gasteiger partial charge in [-0.15, -0.1) is 0 Å². The van der Waals surface area contributed by atoms with E-state index in [9.17, 15) is 4.39 Å². The van der Waals surface area contributed by atoms with Crippen LogP contribution in [-0.2, 0) is 5.41 Å². The molecule has 0 aromatic heterocycles.